The third kappa shape index (κ3) is 3.52. The van der Waals surface area contributed by atoms with Gasteiger partial charge in [0, 0.05) is 16.2 Å². The van der Waals surface area contributed by atoms with E-state index >= 15 is 0 Å². The van der Waals surface area contributed by atoms with Gasteiger partial charge in [-0.15, -0.1) is 0 Å². The van der Waals surface area contributed by atoms with Gasteiger partial charge in [-0.3, -0.25) is 4.79 Å². The van der Waals surface area contributed by atoms with E-state index in [0.717, 1.165) is 4.47 Å². The Hall–Kier alpha value is -2.08. The van der Waals surface area contributed by atoms with Crippen molar-refractivity contribution in [3.8, 4) is 11.5 Å². The maximum absolute atomic E-state index is 13.6. The van der Waals surface area contributed by atoms with Gasteiger partial charge in [0.25, 0.3) is 5.91 Å². The molecule has 1 N–H and O–H groups in total. The number of ether oxygens (including phenoxy) is 2. The van der Waals surface area contributed by atoms with Crippen LogP contribution >= 0.6 is 15.9 Å². The van der Waals surface area contributed by atoms with Crippen LogP contribution in [-0.4, -0.2) is 20.1 Å². The van der Waals surface area contributed by atoms with Crippen LogP contribution in [-0.2, 0) is 0 Å². The molecular weight excluding hydrogens is 341 g/mol. The number of halogens is 2. The molecule has 0 spiro atoms. The maximum Gasteiger partial charge on any atom is 0.259 e. The number of hydrogen-bond donors (Lipinski definition) is 1. The Balaban J connectivity index is 2.24. The quantitative estimate of drug-likeness (QED) is 0.907. The summed E-state index contributed by atoms with van der Waals surface area (Å²) in [5, 5.41) is 2.61. The van der Waals surface area contributed by atoms with Gasteiger partial charge in [0.05, 0.1) is 19.8 Å². The van der Waals surface area contributed by atoms with Crippen molar-refractivity contribution in [2.75, 3.05) is 19.5 Å². The van der Waals surface area contributed by atoms with Gasteiger partial charge in [-0.1, -0.05) is 15.9 Å². The smallest absolute Gasteiger partial charge is 0.259 e. The molecule has 0 radical (unpaired) electrons. The van der Waals surface area contributed by atoms with Crippen LogP contribution in [0.2, 0.25) is 0 Å². The summed E-state index contributed by atoms with van der Waals surface area (Å²) >= 11 is 3.30. The molecular formula is C15H13BrFNO3. The van der Waals surface area contributed by atoms with Crippen molar-refractivity contribution in [1.29, 1.82) is 0 Å². The minimum atomic E-state index is -0.543. The molecule has 0 atom stereocenters. The van der Waals surface area contributed by atoms with Gasteiger partial charge in [0.15, 0.2) is 11.6 Å². The third-order valence-corrected chi connectivity index (χ3v) is 3.31. The fourth-order valence-corrected chi connectivity index (χ4v) is 2.14. The SMILES string of the molecule is COc1ccc(NC(=O)c2ccc(Br)cc2OC)cc1F. The van der Waals surface area contributed by atoms with E-state index < -0.39 is 5.82 Å². The zero-order valence-electron chi connectivity index (χ0n) is 11.4. The Bertz CT molecular complexity index is 676. The first-order valence-electron chi connectivity index (χ1n) is 6.03. The van der Waals surface area contributed by atoms with Gasteiger partial charge in [-0.2, -0.15) is 0 Å². The lowest BCUT2D eigenvalue weighted by molar-refractivity contribution is 0.102. The molecule has 0 unspecified atom stereocenters. The first kappa shape index (κ1) is 15.3. The first-order chi connectivity index (χ1) is 10.0. The van der Waals surface area contributed by atoms with Gasteiger partial charge in [0.1, 0.15) is 5.75 Å². The molecule has 0 aliphatic carbocycles. The summed E-state index contributed by atoms with van der Waals surface area (Å²) in [6.07, 6.45) is 0. The molecule has 0 saturated carbocycles. The lowest BCUT2D eigenvalue weighted by Gasteiger charge is -2.10. The molecule has 0 aliphatic rings. The topological polar surface area (TPSA) is 47.6 Å². The molecule has 0 heterocycles. The molecule has 21 heavy (non-hydrogen) atoms. The van der Waals surface area contributed by atoms with Crippen molar-refractivity contribution in [2.45, 2.75) is 0 Å². The van der Waals surface area contributed by atoms with Crippen LogP contribution in [0.25, 0.3) is 0 Å². The van der Waals surface area contributed by atoms with Crippen LogP contribution in [0, 0.1) is 5.82 Å². The number of nitrogens with one attached hydrogen (secondary N) is 1. The van der Waals surface area contributed by atoms with Crippen molar-refractivity contribution < 1.29 is 18.7 Å². The van der Waals surface area contributed by atoms with Crippen LogP contribution in [0.1, 0.15) is 10.4 Å². The Morgan fingerprint density at radius 3 is 2.43 bits per heavy atom. The normalized spacial score (nSPS) is 10.1. The van der Waals surface area contributed by atoms with Gasteiger partial charge in [0.2, 0.25) is 0 Å². The molecule has 0 bridgehead atoms. The Morgan fingerprint density at radius 2 is 1.81 bits per heavy atom. The van der Waals surface area contributed by atoms with Crippen molar-refractivity contribution >= 4 is 27.5 Å². The molecule has 1 amide bonds. The summed E-state index contributed by atoms with van der Waals surface area (Å²) in [5.41, 5.74) is 0.695. The van der Waals surface area contributed by atoms with Gasteiger partial charge < -0.3 is 14.8 Å². The number of benzene rings is 2. The molecule has 0 saturated heterocycles. The second kappa shape index (κ2) is 6.58. The Morgan fingerprint density at radius 1 is 1.10 bits per heavy atom. The minimum absolute atomic E-state index is 0.120. The third-order valence-electron chi connectivity index (χ3n) is 2.82. The largest absolute Gasteiger partial charge is 0.496 e. The number of carbonyl (C=O) groups excluding carboxylic acids is 1. The van der Waals surface area contributed by atoms with Crippen LogP contribution in [0.15, 0.2) is 40.9 Å². The van der Waals surface area contributed by atoms with E-state index in [1.54, 1.807) is 24.3 Å². The second-order valence-corrected chi connectivity index (χ2v) is 5.06. The van der Waals surface area contributed by atoms with Crippen molar-refractivity contribution in [1.82, 2.24) is 0 Å². The average Bonchev–Trinajstić information content (AvgIpc) is 2.47. The highest BCUT2D eigenvalue weighted by molar-refractivity contribution is 9.10. The molecule has 6 heteroatoms. The molecule has 2 rings (SSSR count). The predicted octanol–water partition coefficient (Wildman–Crippen LogP) is 3.86. The molecule has 110 valence electrons. The Labute approximate surface area is 130 Å². The van der Waals surface area contributed by atoms with E-state index in [1.807, 2.05) is 0 Å². The molecule has 0 fully saturated rings. The van der Waals surface area contributed by atoms with Gasteiger partial charge in [-0.05, 0) is 30.3 Å². The summed E-state index contributed by atoms with van der Waals surface area (Å²) in [7, 11) is 2.86. The van der Waals surface area contributed by atoms with Gasteiger partial charge >= 0.3 is 0 Å². The summed E-state index contributed by atoms with van der Waals surface area (Å²) in [6.45, 7) is 0. The van der Waals surface area contributed by atoms with E-state index in [-0.39, 0.29) is 11.7 Å². The van der Waals surface area contributed by atoms with Crippen LogP contribution < -0.4 is 14.8 Å². The molecule has 2 aromatic rings. The highest BCUT2D eigenvalue weighted by atomic mass is 79.9. The van der Waals surface area contributed by atoms with Crippen molar-refractivity contribution in [3.05, 3.63) is 52.3 Å². The Kier molecular flexibility index (Phi) is 4.80. The first-order valence-corrected chi connectivity index (χ1v) is 6.83. The predicted molar refractivity (Wildman–Crippen MR) is 81.6 cm³/mol. The number of hydrogen-bond acceptors (Lipinski definition) is 3. The van der Waals surface area contributed by atoms with Crippen LogP contribution in [0.4, 0.5) is 10.1 Å². The number of carbonyl (C=O) groups is 1. The van der Waals surface area contributed by atoms with Crippen molar-refractivity contribution in [3.63, 3.8) is 0 Å². The zero-order chi connectivity index (χ0) is 15.4. The maximum atomic E-state index is 13.6. The number of anilines is 1. The summed E-state index contributed by atoms with van der Waals surface area (Å²) in [5.74, 6) is -0.382. The van der Waals surface area contributed by atoms with Gasteiger partial charge in [-0.25, -0.2) is 4.39 Å². The van der Waals surface area contributed by atoms with E-state index in [0.29, 0.717) is 17.0 Å². The fourth-order valence-electron chi connectivity index (χ4n) is 1.80. The summed E-state index contributed by atoms with van der Waals surface area (Å²) in [4.78, 5) is 12.2. The number of rotatable bonds is 4. The van der Waals surface area contributed by atoms with E-state index in [1.165, 1.54) is 26.4 Å². The molecule has 2 aromatic carbocycles. The zero-order valence-corrected chi connectivity index (χ0v) is 13.0. The second-order valence-electron chi connectivity index (χ2n) is 4.15. The number of amides is 1. The van der Waals surface area contributed by atoms with E-state index in [4.69, 9.17) is 9.47 Å². The fraction of sp³-hybridized carbons (Fsp3) is 0.133. The van der Waals surface area contributed by atoms with E-state index in [9.17, 15) is 9.18 Å². The lowest BCUT2D eigenvalue weighted by Crippen LogP contribution is -2.13. The number of methoxy groups -OCH3 is 2. The molecule has 0 aliphatic heterocycles. The average molecular weight is 354 g/mol. The van der Waals surface area contributed by atoms with Crippen LogP contribution in [0.3, 0.4) is 0 Å². The lowest BCUT2D eigenvalue weighted by atomic mass is 10.2. The standard InChI is InChI=1S/C15H13BrFNO3/c1-20-13-6-4-10(8-12(13)17)18-15(19)11-5-3-9(16)7-14(11)21-2/h3-8H,1-2H3,(H,18,19). The highest BCUT2D eigenvalue weighted by Crippen LogP contribution is 2.25. The summed E-state index contributed by atoms with van der Waals surface area (Å²) < 4.78 is 24.4. The van der Waals surface area contributed by atoms with E-state index in [2.05, 4.69) is 21.2 Å². The summed E-state index contributed by atoms with van der Waals surface area (Å²) in [6, 6.07) is 9.24. The molecule has 4 nitrogen and oxygen atoms in total. The highest BCUT2D eigenvalue weighted by Gasteiger charge is 2.13. The molecule has 0 aromatic heterocycles. The monoisotopic (exact) mass is 353 g/mol. The minimum Gasteiger partial charge on any atom is -0.496 e. The van der Waals surface area contributed by atoms with Crippen molar-refractivity contribution in [2.24, 2.45) is 0 Å². The van der Waals surface area contributed by atoms with Crippen LogP contribution in [0.5, 0.6) is 11.5 Å².